The predicted octanol–water partition coefficient (Wildman–Crippen LogP) is 2.41. The van der Waals surface area contributed by atoms with Gasteiger partial charge in [0.25, 0.3) is 0 Å². The number of aryl methyl sites for hydroxylation is 1. The number of hydrogen-bond acceptors (Lipinski definition) is 8. The van der Waals surface area contributed by atoms with Crippen LogP contribution < -0.4 is 16.8 Å². The number of fused-ring (bicyclic) bond motifs is 1. The number of rotatable bonds is 4. The summed E-state index contributed by atoms with van der Waals surface area (Å²) in [7, 11) is 1.84. The second-order valence-corrected chi connectivity index (χ2v) is 6.89. The topological polar surface area (TPSA) is 149 Å². The van der Waals surface area contributed by atoms with E-state index in [9.17, 15) is 5.26 Å². The Hall–Kier alpha value is -3.84. The fourth-order valence-electron chi connectivity index (χ4n) is 3.19. The van der Waals surface area contributed by atoms with Crippen molar-refractivity contribution in [1.82, 2.24) is 29.3 Å². The number of hydrogen-bond donors (Lipinski definition) is 3. The number of nitrogens with zero attached hydrogens (tertiary/aromatic N) is 7. The number of nitrogens with one attached hydrogen (secondary N) is 1. The fraction of sp³-hybridized carbons (Fsp3) is 0.167. The number of nitriles is 1. The van der Waals surface area contributed by atoms with Crippen molar-refractivity contribution >= 4 is 40.2 Å². The third-order valence-corrected chi connectivity index (χ3v) is 4.84. The predicted molar refractivity (Wildman–Crippen MR) is 110 cm³/mol. The molecule has 0 aliphatic heterocycles. The summed E-state index contributed by atoms with van der Waals surface area (Å²) in [6.07, 6.45) is 7.20. The molecule has 0 spiro atoms. The Morgan fingerprint density at radius 2 is 2.07 bits per heavy atom. The van der Waals surface area contributed by atoms with Crippen LogP contribution in [-0.4, -0.2) is 29.3 Å². The van der Waals surface area contributed by atoms with E-state index in [0.717, 1.165) is 16.6 Å². The molecule has 146 valence electrons. The van der Waals surface area contributed by atoms with Crippen molar-refractivity contribution in [3.05, 3.63) is 47.0 Å². The SMILES string of the molecule is C[C@H](Nc1nc(N)nc(N)c1C#N)c1cn(-c2cnn(C)c2)c2nccc(Cl)c12. The lowest BCUT2D eigenvalue weighted by atomic mass is 10.1. The van der Waals surface area contributed by atoms with Gasteiger partial charge in [-0.15, -0.1) is 0 Å². The smallest absolute Gasteiger partial charge is 0.224 e. The molecule has 4 aromatic heterocycles. The highest BCUT2D eigenvalue weighted by Gasteiger charge is 2.21. The van der Waals surface area contributed by atoms with Crippen LogP contribution in [0.2, 0.25) is 5.02 Å². The lowest BCUT2D eigenvalue weighted by molar-refractivity contribution is 0.767. The number of nitrogen functional groups attached to an aromatic ring is 2. The molecule has 4 aromatic rings. The second-order valence-electron chi connectivity index (χ2n) is 6.49. The molecule has 0 aliphatic carbocycles. The number of aromatic nitrogens is 6. The molecule has 0 amide bonds. The van der Waals surface area contributed by atoms with Crippen LogP contribution in [0.4, 0.5) is 17.6 Å². The van der Waals surface area contributed by atoms with Crippen LogP contribution in [-0.2, 0) is 7.05 Å². The Labute approximate surface area is 170 Å². The van der Waals surface area contributed by atoms with Crippen LogP contribution in [0, 0.1) is 11.3 Å². The van der Waals surface area contributed by atoms with E-state index in [1.54, 1.807) is 23.1 Å². The molecule has 1 atom stereocenters. The molecule has 0 aromatic carbocycles. The minimum Gasteiger partial charge on any atom is -0.382 e. The summed E-state index contributed by atoms with van der Waals surface area (Å²) in [5.41, 5.74) is 14.0. The Morgan fingerprint density at radius 1 is 1.28 bits per heavy atom. The maximum atomic E-state index is 9.41. The molecule has 0 saturated carbocycles. The Bertz CT molecular complexity index is 1270. The maximum absolute atomic E-state index is 9.41. The summed E-state index contributed by atoms with van der Waals surface area (Å²) in [6, 6.07) is 3.45. The van der Waals surface area contributed by atoms with Crippen molar-refractivity contribution in [2.45, 2.75) is 13.0 Å². The zero-order valence-corrected chi connectivity index (χ0v) is 16.4. The third-order valence-electron chi connectivity index (χ3n) is 4.52. The van der Waals surface area contributed by atoms with Gasteiger partial charge >= 0.3 is 0 Å². The monoisotopic (exact) mass is 408 g/mol. The maximum Gasteiger partial charge on any atom is 0.224 e. The fourth-order valence-corrected chi connectivity index (χ4v) is 3.44. The summed E-state index contributed by atoms with van der Waals surface area (Å²) >= 11 is 6.50. The summed E-state index contributed by atoms with van der Waals surface area (Å²) in [5, 5.41) is 18.2. The second kappa shape index (κ2) is 6.96. The van der Waals surface area contributed by atoms with E-state index in [-0.39, 0.29) is 29.2 Å². The highest BCUT2D eigenvalue weighted by molar-refractivity contribution is 6.35. The van der Waals surface area contributed by atoms with E-state index in [2.05, 4.69) is 25.4 Å². The number of pyridine rings is 1. The van der Waals surface area contributed by atoms with Crippen LogP contribution in [0.25, 0.3) is 16.7 Å². The van der Waals surface area contributed by atoms with E-state index in [4.69, 9.17) is 23.1 Å². The van der Waals surface area contributed by atoms with Crippen LogP contribution in [0.1, 0.15) is 24.1 Å². The van der Waals surface area contributed by atoms with Crippen molar-refractivity contribution in [2.24, 2.45) is 7.05 Å². The average Bonchev–Trinajstić information content (AvgIpc) is 3.26. The van der Waals surface area contributed by atoms with Gasteiger partial charge in [0.1, 0.15) is 23.1 Å². The molecule has 5 N–H and O–H groups in total. The van der Waals surface area contributed by atoms with Gasteiger partial charge in [0, 0.05) is 36.6 Å². The van der Waals surface area contributed by atoms with Gasteiger partial charge in [-0.2, -0.15) is 20.3 Å². The molecule has 0 bridgehead atoms. The van der Waals surface area contributed by atoms with Gasteiger partial charge in [0.05, 0.1) is 22.9 Å². The number of halogens is 1. The van der Waals surface area contributed by atoms with Crippen LogP contribution >= 0.6 is 11.6 Å². The molecule has 0 saturated heterocycles. The van der Waals surface area contributed by atoms with Gasteiger partial charge < -0.3 is 16.8 Å². The largest absolute Gasteiger partial charge is 0.382 e. The zero-order chi connectivity index (χ0) is 20.7. The molecular weight excluding hydrogens is 392 g/mol. The quantitative estimate of drug-likeness (QED) is 0.465. The first-order valence-corrected chi connectivity index (χ1v) is 9.01. The van der Waals surface area contributed by atoms with Crippen LogP contribution in [0.5, 0.6) is 0 Å². The average molecular weight is 409 g/mol. The molecule has 0 fully saturated rings. The van der Waals surface area contributed by atoms with Crippen LogP contribution in [0.15, 0.2) is 30.9 Å². The van der Waals surface area contributed by atoms with Gasteiger partial charge in [0.2, 0.25) is 5.95 Å². The summed E-state index contributed by atoms with van der Waals surface area (Å²) < 4.78 is 3.62. The Kier molecular flexibility index (Phi) is 4.44. The molecule has 0 aliphatic rings. The molecule has 10 nitrogen and oxygen atoms in total. The Balaban J connectivity index is 1.84. The van der Waals surface area contributed by atoms with Crippen molar-refractivity contribution in [1.29, 1.82) is 5.26 Å². The minimum absolute atomic E-state index is 0.0197. The highest BCUT2D eigenvalue weighted by atomic mass is 35.5. The van der Waals surface area contributed by atoms with Crippen molar-refractivity contribution in [3.63, 3.8) is 0 Å². The molecule has 4 rings (SSSR count). The van der Waals surface area contributed by atoms with Crippen molar-refractivity contribution < 1.29 is 0 Å². The van der Waals surface area contributed by atoms with Gasteiger partial charge in [-0.05, 0) is 13.0 Å². The van der Waals surface area contributed by atoms with Gasteiger partial charge in [0.15, 0.2) is 5.82 Å². The lowest BCUT2D eigenvalue weighted by Crippen LogP contribution is -2.13. The lowest BCUT2D eigenvalue weighted by Gasteiger charge is -2.16. The highest BCUT2D eigenvalue weighted by Crippen LogP contribution is 2.34. The van der Waals surface area contributed by atoms with Gasteiger partial charge in [-0.1, -0.05) is 11.6 Å². The zero-order valence-electron chi connectivity index (χ0n) is 15.6. The van der Waals surface area contributed by atoms with E-state index >= 15 is 0 Å². The van der Waals surface area contributed by atoms with Gasteiger partial charge in [-0.25, -0.2) is 4.98 Å². The number of anilines is 3. The van der Waals surface area contributed by atoms with E-state index in [0.29, 0.717) is 10.7 Å². The Morgan fingerprint density at radius 3 is 2.76 bits per heavy atom. The van der Waals surface area contributed by atoms with Gasteiger partial charge in [-0.3, -0.25) is 9.25 Å². The number of nitrogens with two attached hydrogens (primary N) is 2. The molecule has 11 heteroatoms. The first kappa shape index (κ1) is 18.5. The first-order valence-electron chi connectivity index (χ1n) is 8.63. The minimum atomic E-state index is -0.294. The normalized spacial score (nSPS) is 12.1. The third kappa shape index (κ3) is 3.17. The van der Waals surface area contributed by atoms with E-state index < -0.39 is 0 Å². The van der Waals surface area contributed by atoms with Crippen molar-refractivity contribution in [3.8, 4) is 11.8 Å². The molecular formula is C18H17ClN10. The molecule has 29 heavy (non-hydrogen) atoms. The van der Waals surface area contributed by atoms with E-state index in [1.165, 1.54) is 0 Å². The van der Waals surface area contributed by atoms with Crippen molar-refractivity contribution in [2.75, 3.05) is 16.8 Å². The van der Waals surface area contributed by atoms with Crippen LogP contribution in [0.3, 0.4) is 0 Å². The summed E-state index contributed by atoms with van der Waals surface area (Å²) in [4.78, 5) is 12.5. The molecule has 0 radical (unpaired) electrons. The first-order chi connectivity index (χ1) is 13.9. The molecule has 0 unspecified atom stereocenters. The summed E-state index contributed by atoms with van der Waals surface area (Å²) in [5.74, 6) is 0.258. The van der Waals surface area contributed by atoms with E-state index in [1.807, 2.05) is 37.0 Å². The standard InChI is InChI=1S/C18H17ClN10/c1-9(25-16-11(5-20)15(21)26-18(22)27-16)12-8-29(10-6-24-28(2)7-10)17-14(12)13(19)3-4-23-17/h3-4,6-9H,1-2H3,(H5,21,22,25,26,27)/t9-/m0/s1. The summed E-state index contributed by atoms with van der Waals surface area (Å²) in [6.45, 7) is 1.92. The molecule has 4 heterocycles.